The lowest BCUT2D eigenvalue weighted by molar-refractivity contribution is -0.873. The Kier molecular flexibility index (Phi) is 12.8. The fourth-order valence-corrected chi connectivity index (χ4v) is 1.82. The number of aliphatic imine (C=N–C) groups is 1. The van der Waals surface area contributed by atoms with Gasteiger partial charge in [0.1, 0.15) is 12.6 Å². The van der Waals surface area contributed by atoms with Crippen LogP contribution in [0, 0.1) is 0 Å². The molecule has 0 aliphatic heterocycles. The average molecular weight is 377 g/mol. The second kappa shape index (κ2) is 12.9. The summed E-state index contributed by atoms with van der Waals surface area (Å²) in [5.74, 6) is -2.66. The van der Waals surface area contributed by atoms with Crippen molar-refractivity contribution in [1.82, 2.24) is 0 Å². The molecule has 0 aromatic carbocycles. The number of aliphatic carboxylic acids is 2. The number of likely N-dealkylation sites (N-methyl/N-ethyl adjacent to an activating group) is 1. The molecule has 1 unspecified atom stereocenters. The summed E-state index contributed by atoms with van der Waals surface area (Å²) in [6.45, 7) is 2.13. The van der Waals surface area contributed by atoms with E-state index in [4.69, 9.17) is 27.0 Å². The van der Waals surface area contributed by atoms with Crippen molar-refractivity contribution in [3.05, 3.63) is 0 Å². The topological polar surface area (TPSA) is 194 Å². The highest BCUT2D eigenvalue weighted by molar-refractivity contribution is 5.75. The number of guanidine groups is 1. The molecule has 0 rings (SSSR count). The van der Waals surface area contributed by atoms with Gasteiger partial charge < -0.3 is 41.4 Å². The molecule has 0 spiro atoms. The minimum atomic E-state index is -1.20. The molecule has 0 saturated carbocycles. The maximum Gasteiger partial charge on any atom is 0.320 e. The zero-order valence-electron chi connectivity index (χ0n) is 15.8. The van der Waals surface area contributed by atoms with E-state index < -0.39 is 30.1 Å². The maximum absolute atomic E-state index is 10.7. The second-order valence-electron chi connectivity index (χ2n) is 6.67. The summed E-state index contributed by atoms with van der Waals surface area (Å²) in [7, 11) is 5.68. The van der Waals surface area contributed by atoms with Crippen LogP contribution in [0.15, 0.2) is 4.99 Å². The Balaban J connectivity index is 0. The van der Waals surface area contributed by atoms with Crippen molar-refractivity contribution in [2.45, 2.75) is 38.3 Å². The normalized spacial score (nSPS) is 12.8. The van der Waals surface area contributed by atoms with Crippen LogP contribution in [0.25, 0.3) is 0 Å². The number of esters is 1. The molecule has 0 fully saturated rings. The van der Waals surface area contributed by atoms with Gasteiger partial charge in [0.25, 0.3) is 0 Å². The van der Waals surface area contributed by atoms with Crippen LogP contribution >= 0.6 is 0 Å². The predicted octanol–water partition coefficient (Wildman–Crippen LogP) is -2.78. The third-order valence-electron chi connectivity index (χ3n) is 2.76. The smallest absolute Gasteiger partial charge is 0.320 e. The third kappa shape index (κ3) is 19.6. The fourth-order valence-electron chi connectivity index (χ4n) is 1.82. The van der Waals surface area contributed by atoms with E-state index in [1.54, 1.807) is 0 Å². The molecule has 0 radical (unpaired) electrons. The van der Waals surface area contributed by atoms with Gasteiger partial charge in [-0.15, -0.1) is 0 Å². The Bertz CT molecular complexity index is 469. The van der Waals surface area contributed by atoms with E-state index in [0.29, 0.717) is 30.4 Å². The van der Waals surface area contributed by atoms with Crippen molar-refractivity contribution in [2.24, 2.45) is 22.2 Å². The molecule has 0 bridgehead atoms. The SMILES string of the molecule is CC(=O)OC(CC(=O)[O-])C[N+](C)(C)C.NC(N)=NCCC[C@H](N)C(=O)O. The quantitative estimate of drug-likeness (QED) is 0.102. The molecule has 0 aromatic rings. The molecule has 0 amide bonds. The molecule has 2 atom stereocenters. The summed E-state index contributed by atoms with van der Waals surface area (Å²) >= 11 is 0. The summed E-state index contributed by atoms with van der Waals surface area (Å²) in [5, 5.41) is 18.7. The van der Waals surface area contributed by atoms with Crippen molar-refractivity contribution in [3.63, 3.8) is 0 Å². The van der Waals surface area contributed by atoms with Gasteiger partial charge in [-0.25, -0.2) is 0 Å². The summed E-state index contributed by atoms with van der Waals surface area (Å²) < 4.78 is 5.39. The van der Waals surface area contributed by atoms with Gasteiger partial charge >= 0.3 is 11.9 Å². The average Bonchev–Trinajstić information content (AvgIpc) is 2.40. The number of hydrogen-bond acceptors (Lipinski definition) is 7. The molecule has 0 aliphatic carbocycles. The highest BCUT2D eigenvalue weighted by atomic mass is 16.5. The van der Waals surface area contributed by atoms with E-state index >= 15 is 0 Å². The van der Waals surface area contributed by atoms with Crippen LogP contribution in [0.3, 0.4) is 0 Å². The molecule has 26 heavy (non-hydrogen) atoms. The lowest BCUT2D eigenvalue weighted by atomic mass is 10.2. The van der Waals surface area contributed by atoms with Crippen molar-refractivity contribution < 1.29 is 33.8 Å². The van der Waals surface area contributed by atoms with Crippen LogP contribution in [-0.2, 0) is 19.1 Å². The van der Waals surface area contributed by atoms with E-state index in [9.17, 15) is 19.5 Å². The zero-order chi connectivity index (χ0) is 20.9. The van der Waals surface area contributed by atoms with Crippen LogP contribution in [0.2, 0.25) is 0 Å². The Morgan fingerprint density at radius 3 is 2.12 bits per heavy atom. The summed E-state index contributed by atoms with van der Waals surface area (Å²) in [4.78, 5) is 34.9. The first-order valence-corrected chi connectivity index (χ1v) is 7.96. The number of carboxylic acid groups (broad SMARTS) is 2. The molecule has 0 saturated heterocycles. The van der Waals surface area contributed by atoms with Crippen molar-refractivity contribution in [2.75, 3.05) is 34.2 Å². The number of hydrogen-bond donors (Lipinski definition) is 4. The highest BCUT2D eigenvalue weighted by Gasteiger charge is 2.20. The lowest BCUT2D eigenvalue weighted by Gasteiger charge is -2.28. The van der Waals surface area contributed by atoms with Crippen LogP contribution < -0.4 is 22.3 Å². The van der Waals surface area contributed by atoms with Crippen LogP contribution in [-0.4, -0.2) is 79.8 Å². The molecular weight excluding hydrogens is 346 g/mol. The number of nitrogens with two attached hydrogens (primary N) is 3. The number of carboxylic acids is 2. The van der Waals surface area contributed by atoms with Gasteiger partial charge in [-0.05, 0) is 12.8 Å². The van der Waals surface area contributed by atoms with Gasteiger partial charge in [0, 0.05) is 25.9 Å². The van der Waals surface area contributed by atoms with Gasteiger partial charge in [0.05, 0.1) is 21.1 Å². The van der Waals surface area contributed by atoms with Gasteiger partial charge in [0.2, 0.25) is 0 Å². The first-order valence-electron chi connectivity index (χ1n) is 7.96. The van der Waals surface area contributed by atoms with Crippen molar-refractivity contribution in [1.29, 1.82) is 0 Å². The molecular formula is C15H31N5O6. The molecule has 0 aliphatic rings. The van der Waals surface area contributed by atoms with Crippen molar-refractivity contribution >= 4 is 23.9 Å². The zero-order valence-corrected chi connectivity index (χ0v) is 15.8. The number of nitrogens with zero attached hydrogens (tertiary/aromatic N) is 2. The maximum atomic E-state index is 10.7. The predicted molar refractivity (Wildman–Crippen MR) is 93.6 cm³/mol. The highest BCUT2D eigenvalue weighted by Crippen LogP contribution is 2.04. The molecule has 0 heterocycles. The summed E-state index contributed by atoms with van der Waals surface area (Å²) in [6.07, 6.45) is 0.0875. The molecule has 7 N–H and O–H groups in total. The number of carbonyl (C=O) groups is 3. The first-order chi connectivity index (χ1) is 11.7. The Morgan fingerprint density at radius 1 is 1.23 bits per heavy atom. The van der Waals surface area contributed by atoms with E-state index in [2.05, 4.69) is 4.99 Å². The van der Waals surface area contributed by atoms with Gasteiger partial charge in [0.15, 0.2) is 12.1 Å². The number of quaternary nitrogens is 1. The fraction of sp³-hybridized carbons (Fsp3) is 0.733. The standard InChI is InChI=1S/C9H17NO4.C6H14N4O2/c1-7(11)14-8(5-9(12)13)6-10(2,3)4;7-4(5(11)12)2-1-3-10-6(8)9/h8H,5-6H2,1-4H3;4H,1-3,7H2,(H,11,12)(H4,8,9,10)/t;4-/m.0/s1. The van der Waals surface area contributed by atoms with E-state index in [-0.39, 0.29) is 12.4 Å². The van der Waals surface area contributed by atoms with Gasteiger partial charge in [-0.2, -0.15) is 0 Å². The molecule has 11 nitrogen and oxygen atoms in total. The number of rotatable bonds is 10. The Labute approximate surface area is 153 Å². The minimum absolute atomic E-state index is 0.0129. The number of ether oxygens (including phenoxy) is 1. The number of carbonyl (C=O) groups excluding carboxylic acids is 2. The first kappa shape index (κ1) is 25.8. The van der Waals surface area contributed by atoms with E-state index in [1.165, 1.54) is 6.92 Å². The van der Waals surface area contributed by atoms with Crippen LogP contribution in [0.1, 0.15) is 26.2 Å². The monoisotopic (exact) mass is 377 g/mol. The van der Waals surface area contributed by atoms with Gasteiger partial charge in [-0.3, -0.25) is 14.6 Å². The van der Waals surface area contributed by atoms with Crippen LogP contribution in [0.4, 0.5) is 0 Å². The third-order valence-corrected chi connectivity index (χ3v) is 2.76. The second-order valence-corrected chi connectivity index (χ2v) is 6.67. The van der Waals surface area contributed by atoms with Gasteiger partial charge in [-0.1, -0.05) is 0 Å². The Morgan fingerprint density at radius 2 is 1.77 bits per heavy atom. The molecule has 11 heteroatoms. The lowest BCUT2D eigenvalue weighted by Crippen LogP contribution is -2.45. The molecule has 0 aromatic heterocycles. The Hall–Kier alpha value is -2.40. The summed E-state index contributed by atoms with van der Waals surface area (Å²) in [5.41, 5.74) is 15.3. The summed E-state index contributed by atoms with van der Waals surface area (Å²) in [6, 6.07) is -0.820. The van der Waals surface area contributed by atoms with Crippen molar-refractivity contribution in [3.8, 4) is 0 Å². The minimum Gasteiger partial charge on any atom is -0.550 e. The van der Waals surface area contributed by atoms with E-state index in [1.807, 2.05) is 21.1 Å². The largest absolute Gasteiger partial charge is 0.550 e. The van der Waals surface area contributed by atoms with E-state index in [0.717, 1.165) is 0 Å². The van der Waals surface area contributed by atoms with Crippen LogP contribution in [0.5, 0.6) is 0 Å². The molecule has 152 valence electrons.